The van der Waals surface area contributed by atoms with Gasteiger partial charge in [0.25, 0.3) is 0 Å². The Hall–Kier alpha value is -2.02. The van der Waals surface area contributed by atoms with E-state index in [2.05, 4.69) is 22.2 Å². The lowest BCUT2D eigenvalue weighted by Gasteiger charge is -2.21. The third-order valence-corrected chi connectivity index (χ3v) is 4.46. The molecule has 2 atom stereocenters. The Labute approximate surface area is 139 Å². The molecule has 2 heterocycles. The molecule has 0 aliphatic carbocycles. The summed E-state index contributed by atoms with van der Waals surface area (Å²) in [5.74, 6) is 0. The monoisotopic (exact) mass is 338 g/mol. The maximum atomic E-state index is 12.6. The number of alkyl halides is 3. The van der Waals surface area contributed by atoms with E-state index in [4.69, 9.17) is 0 Å². The van der Waals surface area contributed by atoms with E-state index in [0.29, 0.717) is 6.04 Å². The molecule has 1 fully saturated rings. The van der Waals surface area contributed by atoms with Gasteiger partial charge in [0.1, 0.15) is 0 Å². The third-order valence-electron chi connectivity index (χ3n) is 4.46. The number of aromatic nitrogens is 2. The summed E-state index contributed by atoms with van der Waals surface area (Å²) in [6.07, 6.45) is 0.513. The molecular weight excluding hydrogens is 317 g/mol. The topological polar surface area (TPSA) is 33.1 Å². The van der Waals surface area contributed by atoms with Gasteiger partial charge in [0.15, 0.2) is 0 Å². The van der Waals surface area contributed by atoms with E-state index in [1.54, 1.807) is 16.8 Å². The number of aryl methyl sites for hydroxylation is 1. The fourth-order valence-electron chi connectivity index (χ4n) is 3.11. The van der Waals surface area contributed by atoms with Gasteiger partial charge < -0.3 is 10.2 Å². The Morgan fingerprint density at radius 1 is 1.25 bits per heavy atom. The van der Waals surface area contributed by atoms with Gasteiger partial charge in [-0.05, 0) is 37.6 Å². The smallest absolute Gasteiger partial charge is 0.370 e. The summed E-state index contributed by atoms with van der Waals surface area (Å²) in [4.78, 5) is 2.12. The molecule has 3 rings (SSSR count). The zero-order valence-electron chi connectivity index (χ0n) is 13.7. The Bertz CT molecular complexity index is 678. The summed E-state index contributed by atoms with van der Waals surface area (Å²) in [6, 6.07) is 5.90. The van der Waals surface area contributed by atoms with E-state index in [-0.39, 0.29) is 6.04 Å². The number of hydrogen-bond donors (Lipinski definition) is 1. The van der Waals surface area contributed by atoms with E-state index in [9.17, 15) is 13.2 Å². The predicted molar refractivity (Wildman–Crippen MR) is 86.8 cm³/mol. The molecule has 1 aromatic carbocycles. The van der Waals surface area contributed by atoms with Crippen molar-refractivity contribution in [3.63, 3.8) is 0 Å². The fourth-order valence-corrected chi connectivity index (χ4v) is 3.11. The molecule has 1 saturated heterocycles. The Morgan fingerprint density at radius 3 is 2.54 bits per heavy atom. The normalized spacial score (nSPS) is 19.7. The molecule has 0 unspecified atom stereocenters. The van der Waals surface area contributed by atoms with Gasteiger partial charge in [-0.15, -0.1) is 0 Å². The first kappa shape index (κ1) is 16.8. The highest BCUT2D eigenvalue weighted by molar-refractivity contribution is 5.49. The zero-order chi connectivity index (χ0) is 17.3. The van der Waals surface area contributed by atoms with Gasteiger partial charge in [0.2, 0.25) is 0 Å². The highest BCUT2D eigenvalue weighted by atomic mass is 19.4. The highest BCUT2D eigenvalue weighted by Crippen LogP contribution is 2.31. The third kappa shape index (κ3) is 3.72. The second-order valence-corrected chi connectivity index (χ2v) is 6.31. The van der Waals surface area contributed by atoms with Crippen LogP contribution in [0.2, 0.25) is 0 Å². The van der Waals surface area contributed by atoms with Crippen molar-refractivity contribution in [2.45, 2.75) is 31.6 Å². The maximum absolute atomic E-state index is 12.6. The van der Waals surface area contributed by atoms with Crippen LogP contribution in [0.3, 0.4) is 0 Å². The lowest BCUT2D eigenvalue weighted by atomic mass is 10.1. The molecule has 0 spiro atoms. The molecule has 1 N–H and O–H groups in total. The van der Waals surface area contributed by atoms with Gasteiger partial charge in [-0.2, -0.15) is 18.3 Å². The van der Waals surface area contributed by atoms with Crippen LogP contribution in [0.5, 0.6) is 0 Å². The second-order valence-electron chi connectivity index (χ2n) is 6.31. The number of halogens is 3. The van der Waals surface area contributed by atoms with Crippen LogP contribution in [0, 0.1) is 0 Å². The fraction of sp³-hybridized carbons (Fsp3) is 0.471. The molecule has 1 aliphatic heterocycles. The first-order chi connectivity index (χ1) is 11.3. The summed E-state index contributed by atoms with van der Waals surface area (Å²) in [7, 11) is 1.89. The molecule has 7 heteroatoms. The number of rotatable bonds is 4. The molecular formula is C17H21F3N4. The van der Waals surface area contributed by atoms with E-state index < -0.39 is 11.7 Å². The first-order valence-electron chi connectivity index (χ1n) is 8.00. The van der Waals surface area contributed by atoms with Crippen molar-refractivity contribution in [2.75, 3.05) is 18.0 Å². The number of nitrogens with one attached hydrogen (secondary N) is 1. The van der Waals surface area contributed by atoms with Gasteiger partial charge in [0, 0.05) is 49.7 Å². The van der Waals surface area contributed by atoms with E-state index in [1.165, 1.54) is 0 Å². The standard InChI is InChI=1S/C17H21F3N4/c1-12(13-9-21-23(2)10-13)22-15-7-8-24(11-15)16-5-3-14(4-6-16)17(18,19)20/h3-6,9-10,12,15,22H,7-8,11H2,1-2H3/t12-,15+/m0/s1. The maximum Gasteiger partial charge on any atom is 0.416 e. The molecule has 1 aliphatic rings. The zero-order valence-corrected chi connectivity index (χ0v) is 13.7. The molecule has 24 heavy (non-hydrogen) atoms. The van der Waals surface area contributed by atoms with Crippen LogP contribution in [0.1, 0.15) is 30.5 Å². The first-order valence-corrected chi connectivity index (χ1v) is 8.00. The number of benzene rings is 1. The minimum absolute atomic E-state index is 0.191. The quantitative estimate of drug-likeness (QED) is 0.928. The summed E-state index contributed by atoms with van der Waals surface area (Å²) in [5.41, 5.74) is 1.36. The lowest BCUT2D eigenvalue weighted by molar-refractivity contribution is -0.137. The van der Waals surface area contributed by atoms with Crippen LogP contribution in [0.4, 0.5) is 18.9 Å². The Morgan fingerprint density at radius 2 is 1.96 bits per heavy atom. The van der Waals surface area contributed by atoms with Gasteiger partial charge in [0.05, 0.1) is 11.8 Å². The van der Waals surface area contributed by atoms with Gasteiger partial charge >= 0.3 is 6.18 Å². The van der Waals surface area contributed by atoms with E-state index in [1.807, 2.05) is 19.4 Å². The van der Waals surface area contributed by atoms with Crippen LogP contribution < -0.4 is 10.2 Å². The van der Waals surface area contributed by atoms with Crippen molar-refractivity contribution in [3.8, 4) is 0 Å². The van der Waals surface area contributed by atoms with Crippen molar-refractivity contribution in [1.29, 1.82) is 0 Å². The average Bonchev–Trinajstić information content (AvgIpc) is 3.16. The number of anilines is 1. The minimum atomic E-state index is -4.28. The summed E-state index contributed by atoms with van der Waals surface area (Å²) < 4.78 is 39.7. The summed E-state index contributed by atoms with van der Waals surface area (Å²) >= 11 is 0. The van der Waals surface area contributed by atoms with Crippen molar-refractivity contribution in [3.05, 3.63) is 47.8 Å². The Kier molecular flexibility index (Phi) is 4.54. The van der Waals surface area contributed by atoms with Gasteiger partial charge in [-0.3, -0.25) is 4.68 Å². The van der Waals surface area contributed by atoms with Crippen molar-refractivity contribution >= 4 is 5.69 Å². The Balaban J connectivity index is 1.59. The molecule has 0 radical (unpaired) electrons. The summed E-state index contributed by atoms with van der Waals surface area (Å²) in [6.45, 7) is 3.72. The van der Waals surface area contributed by atoms with Crippen LogP contribution in [0.25, 0.3) is 0 Å². The molecule has 4 nitrogen and oxygen atoms in total. The van der Waals surface area contributed by atoms with Crippen molar-refractivity contribution in [1.82, 2.24) is 15.1 Å². The van der Waals surface area contributed by atoms with Crippen molar-refractivity contribution < 1.29 is 13.2 Å². The SMILES string of the molecule is C[C@H](N[C@@H]1CCN(c2ccc(C(F)(F)F)cc2)C1)c1cnn(C)c1. The van der Waals surface area contributed by atoms with Gasteiger partial charge in [-0.25, -0.2) is 0 Å². The average molecular weight is 338 g/mol. The van der Waals surface area contributed by atoms with Gasteiger partial charge in [-0.1, -0.05) is 0 Å². The van der Waals surface area contributed by atoms with Crippen LogP contribution in [0.15, 0.2) is 36.7 Å². The van der Waals surface area contributed by atoms with E-state index >= 15 is 0 Å². The molecule has 0 saturated carbocycles. The molecule has 130 valence electrons. The van der Waals surface area contributed by atoms with Crippen molar-refractivity contribution in [2.24, 2.45) is 7.05 Å². The van der Waals surface area contributed by atoms with Crippen LogP contribution >= 0.6 is 0 Å². The highest BCUT2D eigenvalue weighted by Gasteiger charge is 2.31. The van der Waals surface area contributed by atoms with Crippen LogP contribution in [-0.4, -0.2) is 28.9 Å². The lowest BCUT2D eigenvalue weighted by Crippen LogP contribution is -2.34. The van der Waals surface area contributed by atoms with Crippen LogP contribution in [-0.2, 0) is 13.2 Å². The largest absolute Gasteiger partial charge is 0.416 e. The molecule has 2 aromatic rings. The summed E-state index contributed by atoms with van der Waals surface area (Å²) in [5, 5.41) is 7.75. The minimum Gasteiger partial charge on any atom is -0.370 e. The molecule has 0 amide bonds. The number of hydrogen-bond acceptors (Lipinski definition) is 3. The molecule has 1 aromatic heterocycles. The second kappa shape index (κ2) is 6.47. The molecule has 0 bridgehead atoms. The van der Waals surface area contributed by atoms with E-state index in [0.717, 1.165) is 42.9 Å². The predicted octanol–water partition coefficient (Wildman–Crippen LogP) is 3.37. The number of nitrogens with zero attached hydrogens (tertiary/aromatic N) is 3.